The van der Waals surface area contributed by atoms with Crippen molar-refractivity contribution in [2.75, 3.05) is 6.61 Å². The van der Waals surface area contributed by atoms with Crippen molar-refractivity contribution in [2.24, 2.45) is 0 Å². The van der Waals surface area contributed by atoms with Crippen molar-refractivity contribution in [2.45, 2.75) is 38.5 Å². The number of hydrogen-bond acceptors (Lipinski definition) is 6. The summed E-state index contributed by atoms with van der Waals surface area (Å²) in [6.07, 6.45) is 1.12. The first kappa shape index (κ1) is 19.5. The zero-order valence-electron chi connectivity index (χ0n) is 16.4. The summed E-state index contributed by atoms with van der Waals surface area (Å²) in [4.78, 5) is 27.3. The van der Waals surface area contributed by atoms with Crippen molar-refractivity contribution in [3.05, 3.63) is 74.8 Å². The highest BCUT2D eigenvalue weighted by Crippen LogP contribution is 2.46. The number of hydrogen-bond donors (Lipinski definition) is 2. The molecule has 2 unspecified atom stereocenters. The number of ketones is 1. The number of allylic oxidation sites excluding steroid dienone is 3. The number of rotatable bonds is 4. The van der Waals surface area contributed by atoms with Crippen LogP contribution in [0.5, 0.6) is 5.75 Å². The highest BCUT2D eigenvalue weighted by Gasteiger charge is 2.41. The average molecular weight is 410 g/mol. The lowest BCUT2D eigenvalue weighted by atomic mass is 9.72. The fourth-order valence-electron chi connectivity index (χ4n) is 4.28. The van der Waals surface area contributed by atoms with Gasteiger partial charge in [-0.15, -0.1) is 11.3 Å². The molecule has 2 heterocycles. The number of Topliss-reactive ketones (excluding diaryl/α,β-unsaturated/α-hetero) is 1. The zero-order chi connectivity index (χ0) is 20.5. The average Bonchev–Trinajstić information content (AvgIpc) is 3.21. The SMILES string of the molecule is CCOC(=O)C1=C(C)NC2=C(C(=O)CC(c3cccs3)C2)C1c1cccc(O)c1. The Labute approximate surface area is 173 Å². The summed E-state index contributed by atoms with van der Waals surface area (Å²) in [6.45, 7) is 3.85. The number of phenols is 1. The molecule has 0 bridgehead atoms. The van der Waals surface area contributed by atoms with Crippen LogP contribution >= 0.6 is 11.3 Å². The van der Waals surface area contributed by atoms with E-state index < -0.39 is 11.9 Å². The summed E-state index contributed by atoms with van der Waals surface area (Å²) in [5.41, 5.74) is 3.30. The number of dihydropyridines is 1. The van der Waals surface area contributed by atoms with Crippen LogP contribution in [0.25, 0.3) is 0 Å². The Kier molecular flexibility index (Phi) is 5.28. The molecule has 0 saturated heterocycles. The second kappa shape index (κ2) is 7.87. The number of aromatic hydroxyl groups is 1. The van der Waals surface area contributed by atoms with Crippen LogP contribution in [0.4, 0.5) is 0 Å². The van der Waals surface area contributed by atoms with E-state index in [-0.39, 0.29) is 24.1 Å². The monoisotopic (exact) mass is 409 g/mol. The van der Waals surface area contributed by atoms with Crippen LogP contribution < -0.4 is 5.32 Å². The molecule has 2 aromatic rings. The van der Waals surface area contributed by atoms with E-state index >= 15 is 0 Å². The highest BCUT2D eigenvalue weighted by atomic mass is 32.1. The number of thiophene rings is 1. The predicted molar refractivity (Wildman–Crippen MR) is 112 cm³/mol. The Bertz CT molecular complexity index is 1020. The minimum absolute atomic E-state index is 0.0276. The van der Waals surface area contributed by atoms with Gasteiger partial charge in [0.1, 0.15) is 5.75 Å². The second-order valence-corrected chi connectivity index (χ2v) is 8.33. The minimum atomic E-state index is -0.547. The first-order chi connectivity index (χ1) is 14.0. The lowest BCUT2D eigenvalue weighted by molar-refractivity contribution is -0.138. The van der Waals surface area contributed by atoms with Crippen LogP contribution in [-0.2, 0) is 14.3 Å². The third kappa shape index (κ3) is 3.60. The lowest BCUT2D eigenvalue weighted by Gasteiger charge is -2.36. The Morgan fingerprint density at radius 2 is 2.10 bits per heavy atom. The third-order valence-corrected chi connectivity index (χ3v) is 6.51. The summed E-state index contributed by atoms with van der Waals surface area (Å²) in [5, 5.41) is 15.4. The molecule has 0 spiro atoms. The molecule has 0 fully saturated rings. The van der Waals surface area contributed by atoms with E-state index in [9.17, 15) is 14.7 Å². The fourth-order valence-corrected chi connectivity index (χ4v) is 5.11. The molecule has 1 aliphatic heterocycles. The molecule has 1 aliphatic carbocycles. The molecule has 2 aliphatic rings. The van der Waals surface area contributed by atoms with Crippen molar-refractivity contribution in [1.29, 1.82) is 0 Å². The molecule has 1 aromatic carbocycles. The zero-order valence-corrected chi connectivity index (χ0v) is 17.2. The third-order valence-electron chi connectivity index (χ3n) is 5.47. The van der Waals surface area contributed by atoms with Gasteiger partial charge < -0.3 is 15.2 Å². The maximum atomic E-state index is 13.3. The van der Waals surface area contributed by atoms with E-state index in [4.69, 9.17) is 4.74 Å². The van der Waals surface area contributed by atoms with Gasteiger partial charge in [-0.3, -0.25) is 4.79 Å². The molecule has 1 aromatic heterocycles. The summed E-state index contributed by atoms with van der Waals surface area (Å²) in [5.74, 6) is -0.723. The van der Waals surface area contributed by atoms with Crippen LogP contribution in [-0.4, -0.2) is 23.5 Å². The number of esters is 1. The number of carbonyl (C=O) groups is 2. The van der Waals surface area contributed by atoms with Gasteiger partial charge in [-0.1, -0.05) is 18.2 Å². The molecular formula is C23H23NO4S. The summed E-state index contributed by atoms with van der Waals surface area (Å²) < 4.78 is 5.30. The van der Waals surface area contributed by atoms with E-state index in [1.165, 1.54) is 4.88 Å². The van der Waals surface area contributed by atoms with Gasteiger partial charge in [-0.2, -0.15) is 0 Å². The van der Waals surface area contributed by atoms with Gasteiger partial charge in [-0.25, -0.2) is 4.79 Å². The van der Waals surface area contributed by atoms with Gasteiger partial charge >= 0.3 is 5.97 Å². The van der Waals surface area contributed by atoms with Crippen molar-refractivity contribution >= 4 is 23.1 Å². The molecule has 5 nitrogen and oxygen atoms in total. The second-order valence-electron chi connectivity index (χ2n) is 7.35. The predicted octanol–water partition coefficient (Wildman–Crippen LogP) is 4.38. The van der Waals surface area contributed by atoms with Gasteiger partial charge in [-0.05, 0) is 49.4 Å². The van der Waals surface area contributed by atoms with Gasteiger partial charge in [0.2, 0.25) is 0 Å². The van der Waals surface area contributed by atoms with E-state index in [1.807, 2.05) is 24.4 Å². The van der Waals surface area contributed by atoms with E-state index in [0.717, 1.165) is 5.70 Å². The normalized spacial score (nSPS) is 21.7. The molecule has 2 N–H and O–H groups in total. The van der Waals surface area contributed by atoms with Crippen molar-refractivity contribution in [3.63, 3.8) is 0 Å². The van der Waals surface area contributed by atoms with E-state index in [2.05, 4.69) is 11.4 Å². The van der Waals surface area contributed by atoms with E-state index in [1.54, 1.807) is 36.5 Å². The van der Waals surface area contributed by atoms with Crippen LogP contribution in [0, 0.1) is 0 Å². The first-order valence-electron chi connectivity index (χ1n) is 9.73. The number of phenolic OH excluding ortho intramolecular Hbond substituents is 1. The molecule has 2 atom stereocenters. The van der Waals surface area contributed by atoms with Crippen LogP contribution in [0.15, 0.2) is 64.3 Å². The van der Waals surface area contributed by atoms with Gasteiger partial charge in [0.25, 0.3) is 0 Å². The quantitative estimate of drug-likeness (QED) is 0.733. The minimum Gasteiger partial charge on any atom is -0.508 e. The molecule has 29 heavy (non-hydrogen) atoms. The lowest BCUT2D eigenvalue weighted by Crippen LogP contribution is -2.36. The molecule has 4 rings (SSSR count). The maximum Gasteiger partial charge on any atom is 0.336 e. The summed E-state index contributed by atoms with van der Waals surface area (Å²) in [6, 6.07) is 10.8. The van der Waals surface area contributed by atoms with E-state index in [0.29, 0.717) is 35.2 Å². The topological polar surface area (TPSA) is 75.6 Å². The summed E-state index contributed by atoms with van der Waals surface area (Å²) in [7, 11) is 0. The smallest absolute Gasteiger partial charge is 0.336 e. The first-order valence-corrected chi connectivity index (χ1v) is 10.6. The number of nitrogens with one attached hydrogen (secondary N) is 1. The highest BCUT2D eigenvalue weighted by molar-refractivity contribution is 7.10. The van der Waals surface area contributed by atoms with Crippen molar-refractivity contribution < 1.29 is 19.4 Å². The van der Waals surface area contributed by atoms with Crippen LogP contribution in [0.1, 0.15) is 49.0 Å². The number of ether oxygens (including phenoxy) is 1. The standard InChI is InChI=1S/C23H23NO4S/c1-3-28-23(27)20-13(2)24-17-11-15(19-8-5-9-29-19)12-18(26)22(17)21(20)14-6-4-7-16(25)10-14/h4-10,15,21,24-25H,3,11-12H2,1-2H3. The van der Waals surface area contributed by atoms with Crippen LogP contribution in [0.2, 0.25) is 0 Å². The Hall–Kier alpha value is -2.86. The fraction of sp³-hybridized carbons (Fsp3) is 0.304. The molecule has 150 valence electrons. The molecule has 0 radical (unpaired) electrons. The van der Waals surface area contributed by atoms with Crippen LogP contribution in [0.3, 0.4) is 0 Å². The Morgan fingerprint density at radius 3 is 2.79 bits per heavy atom. The molecule has 6 heteroatoms. The number of benzene rings is 1. The van der Waals surface area contributed by atoms with Gasteiger partial charge in [0.15, 0.2) is 5.78 Å². The largest absolute Gasteiger partial charge is 0.508 e. The maximum absolute atomic E-state index is 13.3. The number of carbonyl (C=O) groups excluding carboxylic acids is 2. The molecule has 0 saturated carbocycles. The molecule has 0 amide bonds. The Morgan fingerprint density at radius 1 is 1.28 bits per heavy atom. The summed E-state index contributed by atoms with van der Waals surface area (Å²) >= 11 is 1.66. The molecular weight excluding hydrogens is 386 g/mol. The van der Waals surface area contributed by atoms with Gasteiger partial charge in [0.05, 0.1) is 12.2 Å². The Balaban J connectivity index is 1.82. The van der Waals surface area contributed by atoms with Gasteiger partial charge in [0, 0.05) is 40.1 Å². The van der Waals surface area contributed by atoms with Crippen molar-refractivity contribution in [1.82, 2.24) is 5.32 Å². The van der Waals surface area contributed by atoms with Crippen molar-refractivity contribution in [3.8, 4) is 5.75 Å².